The second-order valence-electron chi connectivity index (χ2n) is 6.64. The third kappa shape index (κ3) is 2.85. The molecular formula is C17H21BrN4. The highest BCUT2D eigenvalue weighted by molar-refractivity contribution is 9.10. The standard InChI is InChI=1S/C17H21BrN4/c18-14-3-1-13(2-4-14)15-9-20-16(21-15)10-22-8-6-17(12-22)5-7-19-11-17/h1-4,9,19H,5-8,10-12H2,(H,20,21). The fourth-order valence-electron chi connectivity index (χ4n) is 3.74. The molecule has 0 aliphatic carbocycles. The van der Waals surface area contributed by atoms with Gasteiger partial charge in [-0.05, 0) is 49.0 Å². The molecule has 4 rings (SSSR count). The van der Waals surface area contributed by atoms with E-state index in [2.05, 4.69) is 60.4 Å². The monoisotopic (exact) mass is 360 g/mol. The van der Waals surface area contributed by atoms with Gasteiger partial charge in [0.2, 0.25) is 0 Å². The second kappa shape index (κ2) is 5.80. The smallest absolute Gasteiger partial charge is 0.120 e. The summed E-state index contributed by atoms with van der Waals surface area (Å²) in [4.78, 5) is 10.6. The second-order valence-corrected chi connectivity index (χ2v) is 7.55. The number of rotatable bonds is 3. The molecule has 1 spiro atoms. The Bertz CT molecular complexity index is 643. The largest absolute Gasteiger partial charge is 0.341 e. The third-order valence-corrected chi connectivity index (χ3v) is 5.54. The molecule has 2 aliphatic heterocycles. The zero-order valence-corrected chi connectivity index (χ0v) is 14.2. The van der Waals surface area contributed by atoms with Crippen molar-refractivity contribution < 1.29 is 0 Å². The van der Waals surface area contributed by atoms with Crippen LogP contribution in [-0.2, 0) is 6.54 Å². The van der Waals surface area contributed by atoms with Gasteiger partial charge in [-0.3, -0.25) is 4.90 Å². The van der Waals surface area contributed by atoms with Gasteiger partial charge in [0.05, 0.1) is 18.4 Å². The number of hydrogen-bond donors (Lipinski definition) is 2. The lowest BCUT2D eigenvalue weighted by atomic mass is 9.87. The number of hydrogen-bond acceptors (Lipinski definition) is 3. The lowest BCUT2D eigenvalue weighted by molar-refractivity contribution is 0.264. The first-order chi connectivity index (χ1) is 10.7. The zero-order chi connectivity index (χ0) is 15.0. The quantitative estimate of drug-likeness (QED) is 0.883. The number of imidazole rings is 1. The van der Waals surface area contributed by atoms with Gasteiger partial charge < -0.3 is 10.3 Å². The van der Waals surface area contributed by atoms with Crippen LogP contribution in [0.4, 0.5) is 0 Å². The fourth-order valence-corrected chi connectivity index (χ4v) is 4.00. The van der Waals surface area contributed by atoms with E-state index in [1.807, 2.05) is 6.20 Å². The average molecular weight is 361 g/mol. The summed E-state index contributed by atoms with van der Waals surface area (Å²) >= 11 is 3.47. The van der Waals surface area contributed by atoms with Crippen molar-refractivity contribution in [3.8, 4) is 11.3 Å². The maximum absolute atomic E-state index is 4.57. The molecule has 2 fully saturated rings. The highest BCUT2D eigenvalue weighted by atomic mass is 79.9. The van der Waals surface area contributed by atoms with Crippen LogP contribution in [0.25, 0.3) is 11.3 Å². The molecule has 3 heterocycles. The minimum absolute atomic E-state index is 0.529. The molecule has 2 N–H and O–H groups in total. The Hall–Kier alpha value is -1.17. The normalized spacial score (nSPS) is 25.3. The van der Waals surface area contributed by atoms with E-state index in [4.69, 9.17) is 0 Å². The first-order valence-corrected chi connectivity index (χ1v) is 8.75. The summed E-state index contributed by atoms with van der Waals surface area (Å²) in [6, 6.07) is 8.34. The molecule has 1 unspecified atom stereocenters. The Morgan fingerprint density at radius 2 is 2.09 bits per heavy atom. The van der Waals surface area contributed by atoms with Gasteiger partial charge in [0.15, 0.2) is 0 Å². The van der Waals surface area contributed by atoms with Crippen molar-refractivity contribution in [1.82, 2.24) is 20.2 Å². The number of benzene rings is 1. The first-order valence-electron chi connectivity index (χ1n) is 7.95. The van der Waals surface area contributed by atoms with Crippen LogP contribution in [0.1, 0.15) is 18.7 Å². The Morgan fingerprint density at radius 3 is 2.86 bits per heavy atom. The van der Waals surface area contributed by atoms with E-state index in [-0.39, 0.29) is 0 Å². The molecule has 2 aliphatic rings. The van der Waals surface area contributed by atoms with E-state index in [1.54, 1.807) is 0 Å². The van der Waals surface area contributed by atoms with Crippen molar-refractivity contribution in [2.75, 3.05) is 26.2 Å². The number of nitrogens with zero attached hydrogens (tertiary/aromatic N) is 2. The molecule has 22 heavy (non-hydrogen) atoms. The van der Waals surface area contributed by atoms with Gasteiger partial charge in [0, 0.05) is 17.6 Å². The summed E-state index contributed by atoms with van der Waals surface area (Å²) in [6.07, 6.45) is 4.59. The molecule has 0 bridgehead atoms. The summed E-state index contributed by atoms with van der Waals surface area (Å²) in [5.41, 5.74) is 2.81. The lowest BCUT2D eigenvalue weighted by Gasteiger charge is -2.22. The van der Waals surface area contributed by atoms with Gasteiger partial charge in [0.1, 0.15) is 5.82 Å². The SMILES string of the molecule is Brc1ccc(-c2cnc(CN3CCC4(CCNC4)C3)[nH]2)cc1. The molecule has 2 aromatic rings. The van der Waals surface area contributed by atoms with E-state index < -0.39 is 0 Å². The van der Waals surface area contributed by atoms with Crippen LogP contribution in [0, 0.1) is 5.41 Å². The lowest BCUT2D eigenvalue weighted by Crippen LogP contribution is -2.29. The van der Waals surface area contributed by atoms with Crippen molar-refractivity contribution in [2.24, 2.45) is 5.41 Å². The minimum Gasteiger partial charge on any atom is -0.341 e. The van der Waals surface area contributed by atoms with E-state index in [9.17, 15) is 0 Å². The zero-order valence-electron chi connectivity index (χ0n) is 12.6. The van der Waals surface area contributed by atoms with Crippen molar-refractivity contribution in [2.45, 2.75) is 19.4 Å². The number of likely N-dealkylation sites (tertiary alicyclic amines) is 1. The average Bonchev–Trinajstić information content (AvgIpc) is 3.24. The van der Waals surface area contributed by atoms with Crippen LogP contribution in [0.15, 0.2) is 34.9 Å². The molecule has 4 nitrogen and oxygen atoms in total. The summed E-state index contributed by atoms with van der Waals surface area (Å²) in [5.74, 6) is 1.07. The Morgan fingerprint density at radius 1 is 1.23 bits per heavy atom. The van der Waals surface area contributed by atoms with E-state index in [0.717, 1.165) is 22.5 Å². The van der Waals surface area contributed by atoms with E-state index in [0.29, 0.717) is 5.41 Å². The van der Waals surface area contributed by atoms with Gasteiger partial charge >= 0.3 is 0 Å². The van der Waals surface area contributed by atoms with Crippen LogP contribution in [-0.4, -0.2) is 41.0 Å². The Kier molecular flexibility index (Phi) is 3.80. The molecule has 1 atom stereocenters. The van der Waals surface area contributed by atoms with Gasteiger partial charge in [0.25, 0.3) is 0 Å². The molecule has 0 radical (unpaired) electrons. The van der Waals surface area contributed by atoms with Crippen LogP contribution in [0.3, 0.4) is 0 Å². The molecule has 2 saturated heterocycles. The van der Waals surface area contributed by atoms with Gasteiger partial charge in [-0.1, -0.05) is 28.1 Å². The Labute approximate surface area is 139 Å². The molecule has 1 aromatic heterocycles. The summed E-state index contributed by atoms with van der Waals surface area (Å²) in [5, 5.41) is 3.52. The third-order valence-electron chi connectivity index (χ3n) is 5.01. The fraction of sp³-hybridized carbons (Fsp3) is 0.471. The van der Waals surface area contributed by atoms with Crippen molar-refractivity contribution in [3.05, 3.63) is 40.8 Å². The molecular weight excluding hydrogens is 340 g/mol. The molecule has 0 saturated carbocycles. The Balaban J connectivity index is 1.43. The maximum atomic E-state index is 4.57. The summed E-state index contributed by atoms with van der Waals surface area (Å²) in [7, 11) is 0. The van der Waals surface area contributed by atoms with Gasteiger partial charge in [-0.15, -0.1) is 0 Å². The van der Waals surface area contributed by atoms with Crippen molar-refractivity contribution >= 4 is 15.9 Å². The van der Waals surface area contributed by atoms with Crippen LogP contribution in [0.2, 0.25) is 0 Å². The van der Waals surface area contributed by atoms with Crippen molar-refractivity contribution in [3.63, 3.8) is 0 Å². The highest BCUT2D eigenvalue weighted by Gasteiger charge is 2.40. The van der Waals surface area contributed by atoms with Gasteiger partial charge in [-0.25, -0.2) is 4.98 Å². The van der Waals surface area contributed by atoms with Crippen LogP contribution < -0.4 is 5.32 Å². The minimum atomic E-state index is 0.529. The molecule has 1 aromatic carbocycles. The highest BCUT2D eigenvalue weighted by Crippen LogP contribution is 2.36. The molecule has 116 valence electrons. The topological polar surface area (TPSA) is 44.0 Å². The van der Waals surface area contributed by atoms with E-state index in [1.165, 1.54) is 44.6 Å². The number of nitrogens with one attached hydrogen (secondary N) is 2. The molecule has 5 heteroatoms. The van der Waals surface area contributed by atoms with Crippen LogP contribution >= 0.6 is 15.9 Å². The van der Waals surface area contributed by atoms with Crippen molar-refractivity contribution in [1.29, 1.82) is 0 Å². The first kappa shape index (κ1) is 14.4. The number of aromatic amines is 1. The number of aromatic nitrogens is 2. The molecule has 0 amide bonds. The van der Waals surface area contributed by atoms with E-state index >= 15 is 0 Å². The number of H-pyrrole nitrogens is 1. The predicted octanol–water partition coefficient (Wildman–Crippen LogP) is 3.02. The van der Waals surface area contributed by atoms with Crippen LogP contribution in [0.5, 0.6) is 0 Å². The maximum Gasteiger partial charge on any atom is 0.120 e. The summed E-state index contributed by atoms with van der Waals surface area (Å²) in [6.45, 7) is 5.69. The number of halogens is 1. The van der Waals surface area contributed by atoms with Gasteiger partial charge in [-0.2, -0.15) is 0 Å². The predicted molar refractivity (Wildman–Crippen MR) is 91.5 cm³/mol. The summed E-state index contributed by atoms with van der Waals surface area (Å²) < 4.78 is 1.10.